The third kappa shape index (κ3) is 3.52. The van der Waals surface area contributed by atoms with Crippen molar-refractivity contribution in [2.24, 2.45) is 0 Å². The summed E-state index contributed by atoms with van der Waals surface area (Å²) in [6.45, 7) is 0.0888. The Hall–Kier alpha value is -3.55. The van der Waals surface area contributed by atoms with E-state index >= 15 is 0 Å². The average molecular weight is 342 g/mol. The first kappa shape index (κ1) is 16.3. The van der Waals surface area contributed by atoms with Crippen molar-refractivity contribution in [2.45, 2.75) is 6.54 Å². The number of amides is 1. The lowest BCUT2D eigenvalue weighted by atomic mass is 10.1. The molecule has 0 fully saturated rings. The molecule has 0 saturated heterocycles. The lowest BCUT2D eigenvalue weighted by molar-refractivity contribution is -0.384. The van der Waals surface area contributed by atoms with E-state index in [0.29, 0.717) is 5.56 Å². The maximum atomic E-state index is 12.9. The quantitative estimate of drug-likeness (QED) is 0.446. The first-order valence-electron chi connectivity index (χ1n) is 7.19. The molecule has 7 nitrogen and oxygen atoms in total. The van der Waals surface area contributed by atoms with E-state index in [2.05, 4.69) is 5.32 Å². The van der Waals surface area contributed by atoms with Gasteiger partial charge in [0.15, 0.2) is 0 Å². The number of hydrogen-bond donors (Lipinski definition) is 1. The Kier molecular flexibility index (Phi) is 4.25. The first-order valence-corrected chi connectivity index (χ1v) is 7.19. The highest BCUT2D eigenvalue weighted by Gasteiger charge is 2.15. The molecule has 0 atom stereocenters. The number of nitrogens with one attached hydrogen (secondary N) is 1. The molecule has 0 unspecified atom stereocenters. The van der Waals surface area contributed by atoms with Gasteiger partial charge in [-0.3, -0.25) is 14.9 Å². The number of nitrogens with zero attached hydrogens (tertiary/aromatic N) is 1. The molecule has 8 heteroatoms. The highest BCUT2D eigenvalue weighted by molar-refractivity contribution is 5.96. The molecular weight excluding hydrogens is 331 g/mol. The topological polar surface area (TPSA) is 102 Å². The zero-order valence-corrected chi connectivity index (χ0v) is 12.7. The standard InChI is InChI=1S/C17H11FN2O5/c18-12-3-1-10(2-4-12)9-19-16(21)14-8-11-7-13(20(23)24)5-6-15(11)25-17(14)22/h1-8H,9H2,(H,19,21). The minimum atomic E-state index is -0.849. The van der Waals surface area contributed by atoms with Crippen LogP contribution in [0, 0.1) is 15.9 Å². The van der Waals surface area contributed by atoms with Gasteiger partial charge in [-0.1, -0.05) is 12.1 Å². The predicted molar refractivity (Wildman–Crippen MR) is 86.7 cm³/mol. The van der Waals surface area contributed by atoms with Crippen LogP contribution in [0.1, 0.15) is 15.9 Å². The first-order chi connectivity index (χ1) is 11.9. The second kappa shape index (κ2) is 6.52. The molecule has 0 spiro atoms. The lowest BCUT2D eigenvalue weighted by Crippen LogP contribution is -2.27. The van der Waals surface area contributed by atoms with Crippen LogP contribution in [0.4, 0.5) is 10.1 Å². The summed E-state index contributed by atoms with van der Waals surface area (Å²) in [4.78, 5) is 34.4. The van der Waals surface area contributed by atoms with E-state index in [0.717, 1.165) is 0 Å². The van der Waals surface area contributed by atoms with Gasteiger partial charge in [0.1, 0.15) is 17.0 Å². The van der Waals surface area contributed by atoms with Crippen LogP contribution < -0.4 is 10.9 Å². The summed E-state index contributed by atoms with van der Waals surface area (Å²) >= 11 is 0. The van der Waals surface area contributed by atoms with Gasteiger partial charge >= 0.3 is 5.63 Å². The van der Waals surface area contributed by atoms with Gasteiger partial charge in [-0.05, 0) is 29.8 Å². The van der Waals surface area contributed by atoms with Crippen molar-refractivity contribution >= 4 is 22.6 Å². The molecule has 126 valence electrons. The van der Waals surface area contributed by atoms with Gasteiger partial charge in [-0.15, -0.1) is 0 Å². The summed E-state index contributed by atoms with van der Waals surface area (Å²) in [6, 6.07) is 10.5. The molecule has 0 aliphatic carbocycles. The fourth-order valence-corrected chi connectivity index (χ4v) is 2.26. The molecule has 1 amide bonds. The molecular formula is C17H11FN2O5. The summed E-state index contributed by atoms with van der Waals surface area (Å²) in [5.74, 6) is -1.08. The maximum absolute atomic E-state index is 12.9. The Morgan fingerprint density at radius 1 is 1.16 bits per heavy atom. The van der Waals surface area contributed by atoms with Crippen LogP contribution in [0.3, 0.4) is 0 Å². The van der Waals surface area contributed by atoms with Crippen molar-refractivity contribution in [3.05, 3.63) is 86.0 Å². The number of benzene rings is 2. The number of nitro benzene ring substituents is 1. The highest BCUT2D eigenvalue weighted by Crippen LogP contribution is 2.20. The van der Waals surface area contributed by atoms with Crippen LogP contribution in [0.25, 0.3) is 11.0 Å². The Morgan fingerprint density at radius 3 is 2.56 bits per heavy atom. The average Bonchev–Trinajstić information content (AvgIpc) is 2.60. The molecule has 0 aliphatic rings. The minimum absolute atomic E-state index is 0.0888. The summed E-state index contributed by atoms with van der Waals surface area (Å²) in [7, 11) is 0. The number of non-ortho nitro benzene ring substituents is 1. The van der Waals surface area contributed by atoms with Gasteiger partial charge in [-0.2, -0.15) is 0 Å². The van der Waals surface area contributed by atoms with E-state index in [1.54, 1.807) is 0 Å². The second-order valence-corrected chi connectivity index (χ2v) is 5.24. The number of rotatable bonds is 4. The van der Waals surface area contributed by atoms with Crippen molar-refractivity contribution in [3.63, 3.8) is 0 Å². The molecule has 2 aromatic carbocycles. The molecule has 0 saturated carbocycles. The Morgan fingerprint density at radius 2 is 1.88 bits per heavy atom. The monoisotopic (exact) mass is 342 g/mol. The van der Waals surface area contributed by atoms with Crippen LogP contribution in [-0.2, 0) is 6.54 Å². The Labute approximate surface area is 139 Å². The van der Waals surface area contributed by atoms with Gasteiger partial charge in [0.05, 0.1) is 4.92 Å². The smallest absolute Gasteiger partial charge is 0.349 e. The molecule has 25 heavy (non-hydrogen) atoms. The zero-order chi connectivity index (χ0) is 18.0. The second-order valence-electron chi connectivity index (χ2n) is 5.24. The van der Waals surface area contributed by atoms with E-state index in [1.807, 2.05) is 0 Å². The van der Waals surface area contributed by atoms with Gasteiger partial charge in [0, 0.05) is 24.1 Å². The van der Waals surface area contributed by atoms with Crippen LogP contribution >= 0.6 is 0 Å². The maximum Gasteiger partial charge on any atom is 0.349 e. The lowest BCUT2D eigenvalue weighted by Gasteiger charge is -2.05. The molecule has 0 aliphatic heterocycles. The van der Waals surface area contributed by atoms with Gasteiger partial charge in [0.25, 0.3) is 11.6 Å². The molecule has 3 rings (SSSR count). The molecule has 1 N–H and O–H groups in total. The Bertz CT molecular complexity index is 1030. The van der Waals surface area contributed by atoms with Gasteiger partial charge in [0.2, 0.25) is 0 Å². The fourth-order valence-electron chi connectivity index (χ4n) is 2.26. The van der Waals surface area contributed by atoms with Crippen molar-refractivity contribution in [2.75, 3.05) is 0 Å². The minimum Gasteiger partial charge on any atom is -0.422 e. The van der Waals surface area contributed by atoms with Gasteiger partial charge in [-0.25, -0.2) is 9.18 Å². The van der Waals surface area contributed by atoms with E-state index < -0.39 is 22.3 Å². The van der Waals surface area contributed by atoms with Crippen LogP contribution in [0.2, 0.25) is 0 Å². The predicted octanol–water partition coefficient (Wildman–Crippen LogP) is 2.77. The summed E-state index contributed by atoms with van der Waals surface area (Å²) in [6.07, 6.45) is 0. The SMILES string of the molecule is O=C(NCc1ccc(F)cc1)c1cc2cc([N+](=O)[O-])ccc2oc1=O. The van der Waals surface area contributed by atoms with Crippen molar-refractivity contribution in [3.8, 4) is 0 Å². The molecule has 0 radical (unpaired) electrons. The van der Waals surface area contributed by atoms with Crippen LogP contribution in [0.15, 0.2) is 57.7 Å². The molecule has 3 aromatic rings. The van der Waals surface area contributed by atoms with Gasteiger partial charge < -0.3 is 9.73 Å². The number of fused-ring (bicyclic) bond motifs is 1. The van der Waals surface area contributed by atoms with E-state index in [9.17, 15) is 24.1 Å². The number of halogens is 1. The van der Waals surface area contributed by atoms with Crippen molar-refractivity contribution in [1.82, 2.24) is 5.32 Å². The van der Waals surface area contributed by atoms with Crippen molar-refractivity contribution in [1.29, 1.82) is 0 Å². The number of carbonyl (C=O) groups is 1. The normalized spacial score (nSPS) is 10.6. The van der Waals surface area contributed by atoms with Crippen LogP contribution in [-0.4, -0.2) is 10.8 Å². The van der Waals surface area contributed by atoms with E-state index in [-0.39, 0.29) is 28.8 Å². The van der Waals surface area contributed by atoms with E-state index in [1.165, 1.54) is 48.5 Å². The highest BCUT2D eigenvalue weighted by atomic mass is 19.1. The zero-order valence-electron chi connectivity index (χ0n) is 12.7. The third-order valence-corrected chi connectivity index (χ3v) is 3.54. The fraction of sp³-hybridized carbons (Fsp3) is 0.0588. The largest absolute Gasteiger partial charge is 0.422 e. The molecule has 0 bridgehead atoms. The van der Waals surface area contributed by atoms with Crippen molar-refractivity contribution < 1.29 is 18.5 Å². The van der Waals surface area contributed by atoms with Crippen LogP contribution in [0.5, 0.6) is 0 Å². The molecule has 1 heterocycles. The third-order valence-electron chi connectivity index (χ3n) is 3.54. The summed E-state index contributed by atoms with van der Waals surface area (Å²) in [5.41, 5.74) is -0.506. The van der Waals surface area contributed by atoms with E-state index in [4.69, 9.17) is 4.42 Å². The summed E-state index contributed by atoms with van der Waals surface area (Å²) in [5, 5.41) is 13.6. The number of carbonyl (C=O) groups excluding carboxylic acids is 1. The molecule has 1 aromatic heterocycles. The Balaban J connectivity index is 1.87. The number of nitro groups is 1. The summed E-state index contributed by atoms with van der Waals surface area (Å²) < 4.78 is 17.9. The number of hydrogen-bond acceptors (Lipinski definition) is 5.